The molecule has 1 aliphatic heterocycles. The molecule has 1 fully saturated rings. The molecule has 2 aromatic carbocycles. The first kappa shape index (κ1) is 23.9. The Morgan fingerprint density at radius 3 is 2.56 bits per heavy atom. The molecule has 1 aliphatic rings. The fourth-order valence-electron chi connectivity index (χ4n) is 4.53. The van der Waals surface area contributed by atoms with Crippen LogP contribution in [0.5, 0.6) is 5.75 Å². The van der Waals surface area contributed by atoms with Crippen LogP contribution in [0.25, 0.3) is 11.3 Å². The summed E-state index contributed by atoms with van der Waals surface area (Å²) in [6.45, 7) is 2.33. The van der Waals surface area contributed by atoms with Gasteiger partial charge in [0.05, 0.1) is 31.5 Å². The van der Waals surface area contributed by atoms with Crippen LogP contribution in [-0.4, -0.2) is 50.7 Å². The number of aromatic nitrogens is 3. The number of methoxy groups -OCH3 is 1. The fourth-order valence-corrected chi connectivity index (χ4v) is 4.53. The number of aliphatic hydroxyl groups excluding tert-OH is 1. The van der Waals surface area contributed by atoms with E-state index in [9.17, 15) is 14.3 Å². The third-order valence-electron chi connectivity index (χ3n) is 6.47. The van der Waals surface area contributed by atoms with Crippen LogP contribution < -0.4 is 4.74 Å². The molecule has 2 heterocycles. The molecule has 1 N–H and O–H groups in total. The second-order valence-electron chi connectivity index (χ2n) is 8.75. The number of rotatable bonds is 8. The molecule has 0 spiro atoms. The number of halogens is 1. The maximum atomic E-state index is 13.3. The molecule has 34 heavy (non-hydrogen) atoms. The van der Waals surface area contributed by atoms with Crippen molar-refractivity contribution in [1.29, 1.82) is 0 Å². The number of benzene rings is 2. The number of piperidine rings is 1. The summed E-state index contributed by atoms with van der Waals surface area (Å²) < 4.78 is 20.2. The van der Waals surface area contributed by atoms with Crippen LogP contribution in [0, 0.1) is 5.82 Å². The Labute approximate surface area is 199 Å². The van der Waals surface area contributed by atoms with E-state index in [1.165, 1.54) is 12.1 Å². The largest absolute Gasteiger partial charge is 0.497 e. The van der Waals surface area contributed by atoms with Gasteiger partial charge < -0.3 is 14.7 Å². The highest BCUT2D eigenvalue weighted by Gasteiger charge is 2.39. The van der Waals surface area contributed by atoms with Crippen LogP contribution >= 0.6 is 0 Å². The number of hydrogen-bond donors (Lipinski definition) is 1. The van der Waals surface area contributed by atoms with Gasteiger partial charge in [-0.3, -0.25) is 4.79 Å². The van der Waals surface area contributed by atoms with Crippen molar-refractivity contribution in [3.8, 4) is 17.0 Å². The molecule has 0 aliphatic carbocycles. The molecule has 8 heteroatoms. The highest BCUT2D eigenvalue weighted by molar-refractivity contribution is 5.77. The lowest BCUT2D eigenvalue weighted by Crippen LogP contribution is -2.49. The fraction of sp³-hybridized carbons (Fsp3) is 0.423. The third-order valence-corrected chi connectivity index (χ3v) is 6.47. The zero-order valence-electron chi connectivity index (χ0n) is 19.6. The van der Waals surface area contributed by atoms with E-state index >= 15 is 0 Å². The van der Waals surface area contributed by atoms with Gasteiger partial charge in [0.2, 0.25) is 5.91 Å². The Morgan fingerprint density at radius 1 is 1.15 bits per heavy atom. The van der Waals surface area contributed by atoms with E-state index in [0.717, 1.165) is 36.1 Å². The zero-order valence-corrected chi connectivity index (χ0v) is 19.6. The monoisotopic (exact) mass is 466 g/mol. The molecule has 1 amide bonds. The van der Waals surface area contributed by atoms with E-state index in [-0.39, 0.29) is 30.4 Å². The van der Waals surface area contributed by atoms with Crippen molar-refractivity contribution in [3.05, 3.63) is 66.1 Å². The lowest BCUT2D eigenvalue weighted by molar-refractivity contribution is -0.140. The Balaban J connectivity index is 1.59. The van der Waals surface area contributed by atoms with Crippen molar-refractivity contribution in [1.82, 2.24) is 19.9 Å². The predicted molar refractivity (Wildman–Crippen MR) is 127 cm³/mol. The van der Waals surface area contributed by atoms with Gasteiger partial charge in [-0.25, -0.2) is 9.07 Å². The second-order valence-corrected chi connectivity index (χ2v) is 8.75. The molecular weight excluding hydrogens is 435 g/mol. The van der Waals surface area contributed by atoms with Crippen LogP contribution in [0.2, 0.25) is 0 Å². The van der Waals surface area contributed by atoms with Gasteiger partial charge in [-0.1, -0.05) is 37.1 Å². The summed E-state index contributed by atoms with van der Waals surface area (Å²) in [6, 6.07) is 13.2. The summed E-state index contributed by atoms with van der Waals surface area (Å²) in [4.78, 5) is 14.9. The van der Waals surface area contributed by atoms with Gasteiger partial charge in [0.1, 0.15) is 17.3 Å². The summed E-state index contributed by atoms with van der Waals surface area (Å²) in [6.07, 6.45) is 4.84. The number of likely N-dealkylation sites (tertiary alicyclic amines) is 1. The summed E-state index contributed by atoms with van der Waals surface area (Å²) in [5, 5.41) is 19.5. The Morgan fingerprint density at radius 2 is 1.88 bits per heavy atom. The van der Waals surface area contributed by atoms with Gasteiger partial charge >= 0.3 is 0 Å². The zero-order chi connectivity index (χ0) is 24.1. The lowest BCUT2D eigenvalue weighted by Gasteiger charge is -2.42. The maximum absolute atomic E-state index is 13.3. The average molecular weight is 467 g/mol. The predicted octanol–water partition coefficient (Wildman–Crippen LogP) is 4.55. The van der Waals surface area contributed by atoms with E-state index in [4.69, 9.17) is 4.74 Å². The smallest absolute Gasteiger partial charge is 0.223 e. The van der Waals surface area contributed by atoms with Crippen molar-refractivity contribution < 1.29 is 19.0 Å². The lowest BCUT2D eigenvalue weighted by atomic mass is 9.89. The highest BCUT2D eigenvalue weighted by atomic mass is 19.1. The molecule has 180 valence electrons. The van der Waals surface area contributed by atoms with Gasteiger partial charge in [0.25, 0.3) is 0 Å². The van der Waals surface area contributed by atoms with Crippen molar-refractivity contribution >= 4 is 5.91 Å². The van der Waals surface area contributed by atoms with Crippen LogP contribution in [0.15, 0.2) is 54.7 Å². The van der Waals surface area contributed by atoms with Crippen molar-refractivity contribution in [2.24, 2.45) is 0 Å². The number of amides is 1. The summed E-state index contributed by atoms with van der Waals surface area (Å²) in [5.74, 6) is 0.486. The molecule has 7 nitrogen and oxygen atoms in total. The van der Waals surface area contributed by atoms with E-state index in [2.05, 4.69) is 17.2 Å². The van der Waals surface area contributed by atoms with Crippen LogP contribution in [-0.2, 0) is 4.79 Å². The third kappa shape index (κ3) is 5.28. The number of nitrogens with zero attached hydrogens (tertiary/aromatic N) is 4. The number of unbranched alkanes of at least 4 members (excludes halogenated alkanes) is 2. The summed E-state index contributed by atoms with van der Waals surface area (Å²) >= 11 is 0. The Bertz CT molecular complexity index is 1080. The minimum Gasteiger partial charge on any atom is -0.497 e. The first-order valence-electron chi connectivity index (χ1n) is 11.8. The van der Waals surface area contributed by atoms with Gasteiger partial charge in [0.15, 0.2) is 0 Å². The van der Waals surface area contributed by atoms with Crippen molar-refractivity contribution in [2.45, 2.75) is 57.2 Å². The normalized spacial score (nSPS) is 20.4. The molecule has 3 aromatic rings. The minimum absolute atomic E-state index is 0.0531. The Kier molecular flexibility index (Phi) is 7.57. The van der Waals surface area contributed by atoms with Crippen molar-refractivity contribution in [2.75, 3.05) is 13.7 Å². The number of ether oxygens (including phenoxy) is 1. The molecular formula is C26H31FN4O3. The standard InChI is InChI=1S/C26H31FN4O3/c1-3-4-5-6-26(33)30-17-25(32)24(15-23(30)19-9-13-21(34-2)14-10-19)31-16-22(28-29-31)18-7-11-20(27)12-8-18/h7-14,16,23-25,32H,3-6,15,17H2,1-2H3/t23-,24-,25-/m1/s1. The first-order chi connectivity index (χ1) is 16.5. The summed E-state index contributed by atoms with van der Waals surface area (Å²) in [5.41, 5.74) is 2.34. The van der Waals surface area contributed by atoms with Gasteiger partial charge in [-0.15, -0.1) is 5.10 Å². The molecule has 0 unspecified atom stereocenters. The van der Waals surface area contributed by atoms with E-state index in [1.807, 2.05) is 24.3 Å². The van der Waals surface area contributed by atoms with Gasteiger partial charge in [-0.2, -0.15) is 0 Å². The quantitative estimate of drug-likeness (QED) is 0.493. The average Bonchev–Trinajstić information content (AvgIpc) is 3.34. The molecule has 0 bridgehead atoms. The Hall–Kier alpha value is -3.26. The molecule has 3 atom stereocenters. The minimum atomic E-state index is -0.785. The number of β-amino-alcohol motifs (C(OH)–C–C–N with tert-alkyl or cyclic N) is 1. The first-order valence-corrected chi connectivity index (χ1v) is 11.8. The topological polar surface area (TPSA) is 80.5 Å². The second kappa shape index (κ2) is 10.8. The number of hydrogen-bond acceptors (Lipinski definition) is 5. The number of carbonyl (C=O) groups is 1. The van der Waals surface area contributed by atoms with Crippen LogP contribution in [0.4, 0.5) is 4.39 Å². The molecule has 0 radical (unpaired) electrons. The van der Waals surface area contributed by atoms with Gasteiger partial charge in [0, 0.05) is 18.5 Å². The van der Waals surface area contributed by atoms with Gasteiger partial charge in [-0.05, 0) is 54.8 Å². The van der Waals surface area contributed by atoms with E-state index in [0.29, 0.717) is 18.5 Å². The molecule has 4 rings (SSSR count). The summed E-state index contributed by atoms with van der Waals surface area (Å²) in [7, 11) is 1.62. The van der Waals surface area contributed by atoms with Crippen LogP contribution in [0.3, 0.4) is 0 Å². The van der Waals surface area contributed by atoms with E-state index < -0.39 is 6.10 Å². The molecule has 1 aromatic heterocycles. The SMILES string of the molecule is CCCCCC(=O)N1C[C@@H](O)[C@H](n2cc(-c3ccc(F)cc3)nn2)C[C@@H]1c1ccc(OC)cc1. The number of carbonyl (C=O) groups excluding carboxylic acids is 1. The molecule has 1 saturated heterocycles. The maximum Gasteiger partial charge on any atom is 0.223 e. The van der Waals surface area contributed by atoms with Crippen LogP contribution in [0.1, 0.15) is 56.7 Å². The molecule has 0 saturated carbocycles. The van der Waals surface area contributed by atoms with E-state index in [1.54, 1.807) is 35.0 Å². The van der Waals surface area contributed by atoms with Crippen molar-refractivity contribution in [3.63, 3.8) is 0 Å². The highest BCUT2D eigenvalue weighted by Crippen LogP contribution is 2.38. The number of aliphatic hydroxyl groups is 1.